The normalized spacial score (nSPS) is 13.1. The van der Waals surface area contributed by atoms with E-state index in [1.54, 1.807) is 0 Å². The summed E-state index contributed by atoms with van der Waals surface area (Å²) in [5, 5.41) is 8.53. The Morgan fingerprint density at radius 1 is 1.42 bits per heavy atom. The molecule has 2 nitrogen and oxygen atoms in total. The Kier molecular flexibility index (Phi) is 7.73. The smallest absolute Gasteiger partial charge is 0.144 e. The van der Waals surface area contributed by atoms with Crippen molar-refractivity contribution in [1.82, 2.24) is 0 Å². The molecular weight excluding hydrogens is 150 g/mol. The predicted molar refractivity (Wildman–Crippen MR) is 49.7 cm³/mol. The molecule has 0 bridgehead atoms. The molecule has 68 valence electrons. The molecule has 0 rings (SSSR count). The molecule has 0 saturated carbocycles. The van der Waals surface area contributed by atoms with Gasteiger partial charge in [-0.25, -0.2) is 0 Å². The Balaban J connectivity index is 3.36. The molecule has 0 saturated heterocycles. The fraction of sp³-hybridized carbons (Fsp3) is 0.700. The van der Waals surface area contributed by atoms with Gasteiger partial charge in [-0.2, -0.15) is 5.26 Å². The quantitative estimate of drug-likeness (QED) is 0.570. The van der Waals surface area contributed by atoms with Crippen LogP contribution in [0.25, 0.3) is 0 Å². The number of nitrogens with zero attached hydrogens (tertiary/aromatic N) is 1. The highest BCUT2D eigenvalue weighted by atomic mass is 16.5. The van der Waals surface area contributed by atoms with Crippen molar-refractivity contribution in [2.45, 2.75) is 39.2 Å². The van der Waals surface area contributed by atoms with Gasteiger partial charge >= 0.3 is 0 Å². The molecular formula is C10H17NO. The lowest BCUT2D eigenvalue weighted by Crippen LogP contribution is -2.08. The van der Waals surface area contributed by atoms with E-state index in [0.29, 0.717) is 6.61 Å². The molecule has 0 fully saturated rings. The molecule has 0 heterocycles. The first-order valence-corrected chi connectivity index (χ1v) is 4.51. The fourth-order valence-electron chi connectivity index (χ4n) is 0.771. The third-order valence-electron chi connectivity index (χ3n) is 1.53. The van der Waals surface area contributed by atoms with E-state index in [-0.39, 0.29) is 6.10 Å². The van der Waals surface area contributed by atoms with E-state index in [2.05, 4.69) is 19.1 Å². The molecule has 0 aromatic carbocycles. The van der Waals surface area contributed by atoms with Gasteiger partial charge in [0.25, 0.3) is 0 Å². The highest BCUT2D eigenvalue weighted by Crippen LogP contribution is 1.96. The first kappa shape index (κ1) is 11.2. The molecule has 12 heavy (non-hydrogen) atoms. The average Bonchev–Trinajstić information content (AvgIpc) is 2.11. The fourth-order valence-corrected chi connectivity index (χ4v) is 0.771. The van der Waals surface area contributed by atoms with E-state index in [9.17, 15) is 0 Å². The van der Waals surface area contributed by atoms with Gasteiger partial charge in [0.15, 0.2) is 0 Å². The largest absolute Gasteiger partial charge is 0.359 e. The average molecular weight is 167 g/mol. The topological polar surface area (TPSA) is 33.0 Å². The summed E-state index contributed by atoms with van der Waals surface area (Å²) in [6.07, 6.45) is 6.83. The molecule has 0 aliphatic rings. The van der Waals surface area contributed by atoms with Crippen LogP contribution < -0.4 is 0 Å². The molecule has 0 amide bonds. The van der Waals surface area contributed by atoms with Crippen molar-refractivity contribution in [2.24, 2.45) is 0 Å². The molecule has 0 N–H and O–H groups in total. The summed E-state index contributed by atoms with van der Waals surface area (Å²) < 4.78 is 5.24. The van der Waals surface area contributed by atoms with Crippen LogP contribution in [0.15, 0.2) is 12.2 Å². The molecule has 0 aliphatic carbocycles. The molecule has 1 unspecified atom stereocenters. The van der Waals surface area contributed by atoms with E-state index in [1.807, 2.05) is 13.0 Å². The first-order chi connectivity index (χ1) is 5.85. The Hall–Kier alpha value is -0.810. The van der Waals surface area contributed by atoms with Gasteiger partial charge < -0.3 is 4.74 Å². The Bertz CT molecular complexity index is 158. The summed E-state index contributed by atoms with van der Waals surface area (Å²) in [6, 6.07) is 2.09. The zero-order valence-electron chi connectivity index (χ0n) is 7.92. The van der Waals surface area contributed by atoms with Crippen LogP contribution in [-0.2, 0) is 4.74 Å². The Morgan fingerprint density at radius 3 is 2.67 bits per heavy atom. The van der Waals surface area contributed by atoms with Crippen LogP contribution in [0, 0.1) is 11.3 Å². The second kappa shape index (κ2) is 8.29. The molecule has 0 aliphatic heterocycles. The second-order valence-electron chi connectivity index (χ2n) is 2.62. The van der Waals surface area contributed by atoms with Crippen molar-refractivity contribution < 1.29 is 4.74 Å². The summed E-state index contributed by atoms with van der Waals surface area (Å²) in [5.41, 5.74) is 0. The highest BCUT2D eigenvalue weighted by molar-refractivity contribution is 4.86. The lowest BCUT2D eigenvalue weighted by Gasteiger charge is -2.04. The second-order valence-corrected chi connectivity index (χ2v) is 2.62. The number of allylic oxidation sites excluding steroid dienone is 1. The monoisotopic (exact) mass is 167 g/mol. The highest BCUT2D eigenvalue weighted by Gasteiger charge is 2.00. The summed E-state index contributed by atoms with van der Waals surface area (Å²) in [5.74, 6) is 0. The Morgan fingerprint density at radius 2 is 2.17 bits per heavy atom. The van der Waals surface area contributed by atoms with Crippen LogP contribution in [0.2, 0.25) is 0 Å². The maximum Gasteiger partial charge on any atom is 0.144 e. The van der Waals surface area contributed by atoms with Crippen LogP contribution >= 0.6 is 0 Å². The van der Waals surface area contributed by atoms with Gasteiger partial charge in [0.1, 0.15) is 6.10 Å². The third kappa shape index (κ3) is 5.94. The van der Waals surface area contributed by atoms with Crippen LogP contribution in [-0.4, -0.2) is 12.7 Å². The van der Waals surface area contributed by atoms with E-state index in [4.69, 9.17) is 10.00 Å². The molecule has 0 aromatic rings. The van der Waals surface area contributed by atoms with Crippen molar-refractivity contribution in [2.75, 3.05) is 6.61 Å². The number of unbranched alkanes of at least 4 members (excludes halogenated alkanes) is 1. The number of rotatable bonds is 6. The van der Waals surface area contributed by atoms with Crippen LogP contribution in [0.1, 0.15) is 33.1 Å². The summed E-state index contributed by atoms with van der Waals surface area (Å²) in [7, 11) is 0. The molecule has 1 atom stereocenters. The van der Waals surface area contributed by atoms with Gasteiger partial charge in [-0.15, -0.1) is 0 Å². The molecule has 2 heteroatoms. The zero-order chi connectivity index (χ0) is 9.23. The molecule has 0 spiro atoms. The van der Waals surface area contributed by atoms with Gasteiger partial charge in [0.05, 0.1) is 12.7 Å². The van der Waals surface area contributed by atoms with Gasteiger partial charge in [-0.3, -0.25) is 0 Å². The molecule has 0 radical (unpaired) electrons. The first-order valence-electron chi connectivity index (χ1n) is 4.51. The van der Waals surface area contributed by atoms with E-state index >= 15 is 0 Å². The third-order valence-corrected chi connectivity index (χ3v) is 1.53. The van der Waals surface area contributed by atoms with Crippen molar-refractivity contribution in [3.8, 4) is 6.07 Å². The van der Waals surface area contributed by atoms with Gasteiger partial charge in [-0.1, -0.05) is 32.4 Å². The van der Waals surface area contributed by atoms with Crippen molar-refractivity contribution in [1.29, 1.82) is 5.26 Å². The minimum Gasteiger partial charge on any atom is -0.359 e. The standard InChI is InChI=1S/C10H17NO/c1-3-5-6-7-8-12-10(4-2)9-11/h6-7,10H,3-5,8H2,1-2H3/b7-6+. The summed E-state index contributed by atoms with van der Waals surface area (Å²) in [4.78, 5) is 0. The van der Waals surface area contributed by atoms with Gasteiger partial charge in [0.2, 0.25) is 0 Å². The van der Waals surface area contributed by atoms with Crippen LogP contribution in [0.3, 0.4) is 0 Å². The minimum absolute atomic E-state index is 0.240. The number of ether oxygens (including phenoxy) is 1. The summed E-state index contributed by atoms with van der Waals surface area (Å²) in [6.45, 7) is 4.64. The van der Waals surface area contributed by atoms with Crippen molar-refractivity contribution in [3.05, 3.63) is 12.2 Å². The SMILES string of the molecule is CCC/C=C/COC(C#N)CC. The molecule has 0 aromatic heterocycles. The maximum atomic E-state index is 8.53. The van der Waals surface area contributed by atoms with E-state index in [0.717, 1.165) is 19.3 Å². The van der Waals surface area contributed by atoms with Crippen molar-refractivity contribution >= 4 is 0 Å². The summed E-state index contributed by atoms with van der Waals surface area (Å²) >= 11 is 0. The predicted octanol–water partition coefficient (Wildman–Crippen LogP) is 2.66. The van der Waals surface area contributed by atoms with Gasteiger partial charge in [0, 0.05) is 0 Å². The lowest BCUT2D eigenvalue weighted by molar-refractivity contribution is 0.112. The Labute approximate surface area is 74.8 Å². The lowest BCUT2D eigenvalue weighted by atomic mass is 10.3. The van der Waals surface area contributed by atoms with Crippen LogP contribution in [0.4, 0.5) is 0 Å². The van der Waals surface area contributed by atoms with Crippen molar-refractivity contribution in [3.63, 3.8) is 0 Å². The minimum atomic E-state index is -0.240. The zero-order valence-corrected chi connectivity index (χ0v) is 7.92. The van der Waals surface area contributed by atoms with E-state index in [1.165, 1.54) is 0 Å². The number of nitriles is 1. The van der Waals surface area contributed by atoms with Gasteiger partial charge in [-0.05, 0) is 12.8 Å². The number of hydrogen-bond donors (Lipinski definition) is 0. The maximum absolute atomic E-state index is 8.53. The van der Waals surface area contributed by atoms with E-state index < -0.39 is 0 Å². The number of hydrogen-bond acceptors (Lipinski definition) is 2. The van der Waals surface area contributed by atoms with Crippen LogP contribution in [0.5, 0.6) is 0 Å².